The van der Waals surface area contributed by atoms with Crippen LogP contribution in [-0.4, -0.2) is 7.85 Å². The molecule has 108 valence electrons. The fourth-order valence-corrected chi connectivity index (χ4v) is 1.93. The third-order valence-electron chi connectivity index (χ3n) is 3.24. The molecular formula is C14H7BF6. The van der Waals surface area contributed by atoms with Gasteiger partial charge in [0.15, 0.2) is 23.3 Å². The quantitative estimate of drug-likeness (QED) is 0.429. The monoisotopic (exact) mass is 300 g/mol. The van der Waals surface area contributed by atoms with Crippen molar-refractivity contribution in [2.24, 2.45) is 0 Å². The van der Waals surface area contributed by atoms with Crippen LogP contribution in [0.5, 0.6) is 0 Å². The van der Waals surface area contributed by atoms with E-state index in [9.17, 15) is 26.3 Å². The summed E-state index contributed by atoms with van der Waals surface area (Å²) in [5.74, 6) is -9.96. The highest BCUT2D eigenvalue weighted by Crippen LogP contribution is 2.35. The smallest absolute Gasteiger partial charge is 0.170 e. The van der Waals surface area contributed by atoms with Crippen molar-refractivity contribution in [3.05, 3.63) is 52.1 Å². The lowest BCUT2D eigenvalue weighted by atomic mass is 9.87. The van der Waals surface area contributed by atoms with Gasteiger partial charge in [-0.05, 0) is 25.5 Å². The first-order valence-electron chi connectivity index (χ1n) is 5.75. The summed E-state index contributed by atoms with van der Waals surface area (Å²) in [6, 6.07) is 0.627. The van der Waals surface area contributed by atoms with Gasteiger partial charge in [0, 0.05) is 5.56 Å². The molecule has 0 aliphatic heterocycles. The Morgan fingerprint density at radius 3 is 1.62 bits per heavy atom. The van der Waals surface area contributed by atoms with Gasteiger partial charge in [0.2, 0.25) is 0 Å². The van der Waals surface area contributed by atoms with Gasteiger partial charge >= 0.3 is 0 Å². The first kappa shape index (κ1) is 15.5. The molecule has 0 atom stereocenters. The third-order valence-corrected chi connectivity index (χ3v) is 3.24. The van der Waals surface area contributed by atoms with Crippen molar-refractivity contribution in [3.63, 3.8) is 0 Å². The molecule has 0 aliphatic carbocycles. The molecule has 0 aromatic heterocycles. The zero-order valence-electron chi connectivity index (χ0n) is 10.9. The van der Waals surface area contributed by atoms with Crippen LogP contribution in [0.25, 0.3) is 11.1 Å². The van der Waals surface area contributed by atoms with Crippen molar-refractivity contribution < 1.29 is 26.3 Å². The van der Waals surface area contributed by atoms with Gasteiger partial charge in [-0.3, -0.25) is 0 Å². The summed E-state index contributed by atoms with van der Waals surface area (Å²) in [5, 5.41) is 0. The van der Waals surface area contributed by atoms with Gasteiger partial charge in [-0.1, -0.05) is 5.46 Å². The fourth-order valence-electron chi connectivity index (χ4n) is 1.93. The lowest BCUT2D eigenvalue weighted by Gasteiger charge is -2.14. The minimum atomic E-state index is -1.87. The molecule has 0 amide bonds. The molecule has 0 fully saturated rings. The van der Waals surface area contributed by atoms with Gasteiger partial charge in [-0.25, -0.2) is 26.3 Å². The Bertz CT molecular complexity index is 725. The van der Waals surface area contributed by atoms with E-state index in [-0.39, 0.29) is 11.0 Å². The van der Waals surface area contributed by atoms with Crippen LogP contribution in [0.3, 0.4) is 0 Å². The Balaban J connectivity index is 2.96. The molecule has 0 unspecified atom stereocenters. The summed E-state index contributed by atoms with van der Waals surface area (Å²) in [7, 11) is 5.31. The Hall–Kier alpha value is -1.92. The fraction of sp³-hybridized carbons (Fsp3) is 0.143. The summed E-state index contributed by atoms with van der Waals surface area (Å²) in [5.41, 5.74) is -4.13. The zero-order chi connectivity index (χ0) is 16.1. The number of halogens is 6. The molecule has 7 heteroatoms. The Morgan fingerprint density at radius 2 is 1.14 bits per heavy atom. The van der Waals surface area contributed by atoms with Gasteiger partial charge in [0.05, 0.1) is 11.1 Å². The van der Waals surface area contributed by atoms with Crippen molar-refractivity contribution >= 4 is 13.3 Å². The average molecular weight is 300 g/mol. The molecule has 0 bridgehead atoms. The lowest BCUT2D eigenvalue weighted by molar-refractivity contribution is 0.447. The van der Waals surface area contributed by atoms with E-state index in [0.717, 1.165) is 13.8 Å². The number of rotatable bonds is 1. The van der Waals surface area contributed by atoms with E-state index in [4.69, 9.17) is 7.85 Å². The van der Waals surface area contributed by atoms with Crippen LogP contribution >= 0.6 is 0 Å². The highest BCUT2D eigenvalue weighted by atomic mass is 19.2. The highest BCUT2D eigenvalue weighted by molar-refractivity contribution is 6.33. The summed E-state index contributed by atoms with van der Waals surface area (Å²) in [6.07, 6.45) is 0. The predicted octanol–water partition coefficient (Wildman–Crippen LogP) is 3.60. The maximum Gasteiger partial charge on any atom is 0.170 e. The van der Waals surface area contributed by atoms with E-state index in [0.29, 0.717) is 6.07 Å². The summed E-state index contributed by atoms with van der Waals surface area (Å²) in [6.45, 7) is 1.95. The second kappa shape index (κ2) is 5.13. The van der Waals surface area contributed by atoms with E-state index in [1.807, 2.05) is 0 Å². The van der Waals surface area contributed by atoms with Crippen LogP contribution in [0.15, 0.2) is 6.07 Å². The van der Waals surface area contributed by atoms with Crippen molar-refractivity contribution in [3.8, 4) is 11.1 Å². The highest BCUT2D eigenvalue weighted by Gasteiger charge is 2.28. The average Bonchev–Trinajstić information content (AvgIpc) is 2.44. The van der Waals surface area contributed by atoms with E-state index < -0.39 is 51.6 Å². The first-order valence-corrected chi connectivity index (χ1v) is 5.75. The molecule has 0 saturated carbocycles. The summed E-state index contributed by atoms with van der Waals surface area (Å²) in [4.78, 5) is 0. The van der Waals surface area contributed by atoms with Crippen LogP contribution in [-0.2, 0) is 0 Å². The normalized spacial score (nSPS) is 11.0. The first-order chi connectivity index (χ1) is 9.68. The second-order valence-electron chi connectivity index (χ2n) is 4.52. The minimum absolute atomic E-state index is 0.286. The number of benzene rings is 2. The molecule has 2 rings (SSSR count). The van der Waals surface area contributed by atoms with Gasteiger partial charge in [-0.2, -0.15) is 0 Å². The molecule has 0 saturated heterocycles. The van der Waals surface area contributed by atoms with Gasteiger partial charge < -0.3 is 0 Å². The standard InChI is InChI=1S/C14H7BF6/c1-4-6(15)3-7(16)8(10(4)17)9-13(20)11(18)5(2)12(19)14(9)21/h3H,1-2H3. The van der Waals surface area contributed by atoms with Crippen LogP contribution in [0.4, 0.5) is 26.3 Å². The molecule has 0 N–H and O–H groups in total. The molecule has 0 nitrogen and oxygen atoms in total. The zero-order valence-corrected chi connectivity index (χ0v) is 10.9. The SMILES string of the molecule is [B]c1cc(F)c(-c2c(F)c(F)c(C)c(F)c2F)c(F)c1C. The molecule has 2 aromatic carbocycles. The van der Waals surface area contributed by atoms with Crippen LogP contribution in [0, 0.1) is 48.8 Å². The largest absolute Gasteiger partial charge is 0.206 e. The van der Waals surface area contributed by atoms with Crippen LogP contribution in [0.2, 0.25) is 0 Å². The predicted molar refractivity (Wildman–Crippen MR) is 66.5 cm³/mol. The van der Waals surface area contributed by atoms with Crippen molar-refractivity contribution in [2.45, 2.75) is 13.8 Å². The van der Waals surface area contributed by atoms with Crippen molar-refractivity contribution in [2.75, 3.05) is 0 Å². The van der Waals surface area contributed by atoms with Crippen LogP contribution < -0.4 is 5.46 Å². The Labute approximate surface area is 117 Å². The Kier molecular flexibility index (Phi) is 3.78. The summed E-state index contributed by atoms with van der Waals surface area (Å²) >= 11 is 0. The van der Waals surface area contributed by atoms with E-state index >= 15 is 0 Å². The van der Waals surface area contributed by atoms with Crippen molar-refractivity contribution in [1.82, 2.24) is 0 Å². The number of hydrogen-bond acceptors (Lipinski definition) is 0. The van der Waals surface area contributed by atoms with Crippen LogP contribution in [0.1, 0.15) is 11.1 Å². The van der Waals surface area contributed by atoms with E-state index in [1.54, 1.807) is 0 Å². The second-order valence-corrected chi connectivity index (χ2v) is 4.52. The lowest BCUT2D eigenvalue weighted by Crippen LogP contribution is -2.14. The summed E-state index contributed by atoms with van der Waals surface area (Å²) < 4.78 is 82.5. The van der Waals surface area contributed by atoms with Gasteiger partial charge in [0.1, 0.15) is 19.5 Å². The minimum Gasteiger partial charge on any atom is -0.206 e. The van der Waals surface area contributed by atoms with E-state index in [1.165, 1.54) is 0 Å². The molecule has 0 heterocycles. The third kappa shape index (κ3) is 2.20. The van der Waals surface area contributed by atoms with Gasteiger partial charge in [-0.15, -0.1) is 0 Å². The van der Waals surface area contributed by atoms with Gasteiger partial charge in [0.25, 0.3) is 0 Å². The Morgan fingerprint density at radius 1 is 0.667 bits per heavy atom. The molecule has 0 aliphatic rings. The van der Waals surface area contributed by atoms with E-state index in [2.05, 4.69) is 0 Å². The topological polar surface area (TPSA) is 0 Å². The van der Waals surface area contributed by atoms with Crippen molar-refractivity contribution in [1.29, 1.82) is 0 Å². The maximum atomic E-state index is 14.0. The molecular weight excluding hydrogens is 293 g/mol. The molecule has 2 aromatic rings. The molecule has 2 radical (unpaired) electrons. The molecule has 21 heavy (non-hydrogen) atoms. The molecule has 0 spiro atoms. The number of hydrogen-bond donors (Lipinski definition) is 0. The maximum absolute atomic E-state index is 14.0.